The van der Waals surface area contributed by atoms with Gasteiger partial charge in [0, 0.05) is 18.5 Å². The zero-order valence-corrected chi connectivity index (χ0v) is 12.9. The van der Waals surface area contributed by atoms with Crippen molar-refractivity contribution in [1.29, 1.82) is 0 Å². The second kappa shape index (κ2) is 5.82. The van der Waals surface area contributed by atoms with Gasteiger partial charge in [0.2, 0.25) is 0 Å². The number of rotatable bonds is 5. The van der Waals surface area contributed by atoms with Crippen molar-refractivity contribution in [2.75, 3.05) is 18.4 Å². The van der Waals surface area contributed by atoms with Gasteiger partial charge in [0.15, 0.2) is 0 Å². The molecule has 0 atom stereocenters. The predicted octanol–water partition coefficient (Wildman–Crippen LogP) is 0.704. The number of fused-ring (bicyclic) bond motifs is 1. The van der Waals surface area contributed by atoms with Gasteiger partial charge in [0.25, 0.3) is 20.2 Å². The monoisotopic (exact) mass is 346 g/mol. The molecule has 2 aromatic carbocycles. The van der Waals surface area contributed by atoms with Crippen LogP contribution in [0.15, 0.2) is 40.1 Å². The lowest BCUT2D eigenvalue weighted by atomic mass is 10.1. The molecule has 0 aliphatic rings. The molecule has 0 bridgehead atoms. The van der Waals surface area contributed by atoms with Crippen LogP contribution >= 0.6 is 0 Å². The van der Waals surface area contributed by atoms with Gasteiger partial charge in [-0.3, -0.25) is 9.11 Å². The van der Waals surface area contributed by atoms with Gasteiger partial charge in [0.1, 0.15) is 4.90 Å². The van der Waals surface area contributed by atoms with Crippen molar-refractivity contribution in [3.05, 3.63) is 30.3 Å². The summed E-state index contributed by atoms with van der Waals surface area (Å²) in [6.07, 6.45) is 0. The molecule has 2 rings (SSSR count). The van der Waals surface area contributed by atoms with E-state index in [-0.39, 0.29) is 29.1 Å². The van der Waals surface area contributed by atoms with Gasteiger partial charge in [-0.15, -0.1) is 0 Å². The van der Waals surface area contributed by atoms with E-state index in [0.29, 0.717) is 5.39 Å². The molecule has 0 spiro atoms. The van der Waals surface area contributed by atoms with Crippen LogP contribution in [0, 0.1) is 0 Å². The fraction of sp³-hybridized carbons (Fsp3) is 0.167. The summed E-state index contributed by atoms with van der Waals surface area (Å²) in [6, 6.07) is 6.35. The minimum absolute atomic E-state index is 0.0240. The van der Waals surface area contributed by atoms with E-state index in [1.54, 1.807) is 0 Å². The van der Waals surface area contributed by atoms with Crippen LogP contribution in [-0.2, 0) is 20.2 Å². The van der Waals surface area contributed by atoms with Gasteiger partial charge >= 0.3 is 0 Å². The van der Waals surface area contributed by atoms with Crippen LogP contribution in [0.25, 0.3) is 10.8 Å². The number of benzene rings is 2. The lowest BCUT2D eigenvalue weighted by Crippen LogP contribution is -2.15. The molecule has 5 N–H and O–H groups in total. The fourth-order valence-electron chi connectivity index (χ4n) is 2.03. The molecule has 8 nitrogen and oxygen atoms in total. The van der Waals surface area contributed by atoms with Gasteiger partial charge in [-0.2, -0.15) is 16.8 Å². The average molecular weight is 346 g/mol. The number of hydrogen-bond acceptors (Lipinski definition) is 6. The van der Waals surface area contributed by atoms with E-state index < -0.39 is 25.1 Å². The summed E-state index contributed by atoms with van der Waals surface area (Å²) in [5.74, 6) is 0. The van der Waals surface area contributed by atoms with Crippen LogP contribution in [0.1, 0.15) is 0 Å². The Balaban J connectivity index is 2.83. The van der Waals surface area contributed by atoms with Gasteiger partial charge in [-0.1, -0.05) is 12.1 Å². The van der Waals surface area contributed by atoms with E-state index in [1.165, 1.54) is 24.3 Å². The summed E-state index contributed by atoms with van der Waals surface area (Å²) in [6.45, 7) is 0.400. The summed E-state index contributed by atoms with van der Waals surface area (Å²) in [5, 5.41) is 3.50. The van der Waals surface area contributed by atoms with Crippen molar-refractivity contribution in [1.82, 2.24) is 0 Å². The van der Waals surface area contributed by atoms with Crippen LogP contribution in [0.3, 0.4) is 0 Å². The SMILES string of the molecule is NCCNc1c(S(=O)(=O)O)ccc2ccc(S(=O)(=O)O)cc12. The standard InChI is InChI=1S/C12H14N2O6S2/c13-5-6-14-12-10-7-9(21(15,16)17)3-1-8(10)2-4-11(12)22(18,19)20/h1-4,7,14H,5-6,13H2,(H,15,16,17)(H,18,19,20). The minimum atomic E-state index is -4.52. The lowest BCUT2D eigenvalue weighted by molar-refractivity contribution is 0.481. The quantitative estimate of drug-likeness (QED) is 0.579. The second-order valence-corrected chi connectivity index (χ2v) is 7.30. The third-order valence-corrected chi connectivity index (χ3v) is 4.72. The molecule has 0 radical (unpaired) electrons. The van der Waals surface area contributed by atoms with Crippen LogP contribution < -0.4 is 11.1 Å². The summed E-state index contributed by atoms with van der Waals surface area (Å²) in [7, 11) is -8.96. The van der Waals surface area contributed by atoms with E-state index in [9.17, 15) is 21.4 Å². The Hall–Kier alpha value is -1.72. The first-order valence-corrected chi connectivity index (χ1v) is 8.98. The molecule has 0 heterocycles. The Morgan fingerprint density at radius 2 is 1.64 bits per heavy atom. The van der Waals surface area contributed by atoms with E-state index in [4.69, 9.17) is 10.3 Å². The molecule has 120 valence electrons. The Morgan fingerprint density at radius 3 is 2.18 bits per heavy atom. The highest BCUT2D eigenvalue weighted by molar-refractivity contribution is 7.86. The van der Waals surface area contributed by atoms with Gasteiger partial charge < -0.3 is 11.1 Å². The van der Waals surface area contributed by atoms with Crippen molar-refractivity contribution < 1.29 is 25.9 Å². The third-order valence-electron chi connectivity index (χ3n) is 2.98. The van der Waals surface area contributed by atoms with E-state index in [1.807, 2.05) is 0 Å². The lowest BCUT2D eigenvalue weighted by Gasteiger charge is -2.13. The third kappa shape index (κ3) is 3.36. The molecule has 0 saturated heterocycles. The zero-order valence-electron chi connectivity index (χ0n) is 11.2. The van der Waals surface area contributed by atoms with Crippen LogP contribution in [0.2, 0.25) is 0 Å². The Labute approximate surface area is 127 Å². The maximum Gasteiger partial charge on any atom is 0.296 e. The maximum atomic E-state index is 11.5. The molecular formula is C12H14N2O6S2. The molecule has 22 heavy (non-hydrogen) atoms. The molecule has 0 fully saturated rings. The summed E-state index contributed by atoms with van der Waals surface area (Å²) < 4.78 is 63.8. The molecule has 0 aliphatic heterocycles. The van der Waals surface area contributed by atoms with Crippen molar-refractivity contribution in [3.8, 4) is 0 Å². The number of nitrogens with two attached hydrogens (primary N) is 1. The maximum absolute atomic E-state index is 11.5. The first-order valence-electron chi connectivity index (χ1n) is 6.10. The Bertz CT molecular complexity index is 917. The normalized spacial score (nSPS) is 12.5. The Kier molecular flexibility index (Phi) is 4.40. The number of hydrogen-bond donors (Lipinski definition) is 4. The van der Waals surface area contributed by atoms with Crippen molar-refractivity contribution >= 4 is 36.7 Å². The molecule has 2 aromatic rings. The minimum Gasteiger partial charge on any atom is -0.382 e. The molecule has 10 heteroatoms. The smallest absolute Gasteiger partial charge is 0.296 e. The van der Waals surface area contributed by atoms with Crippen molar-refractivity contribution in [2.24, 2.45) is 5.73 Å². The number of nitrogens with one attached hydrogen (secondary N) is 1. The van der Waals surface area contributed by atoms with E-state index >= 15 is 0 Å². The molecular weight excluding hydrogens is 332 g/mol. The topological polar surface area (TPSA) is 147 Å². The highest BCUT2D eigenvalue weighted by atomic mass is 32.2. The average Bonchev–Trinajstić information content (AvgIpc) is 2.41. The highest BCUT2D eigenvalue weighted by Crippen LogP contribution is 2.32. The van der Waals surface area contributed by atoms with Crippen LogP contribution in [-0.4, -0.2) is 39.0 Å². The molecule has 0 aromatic heterocycles. The fourth-order valence-corrected chi connectivity index (χ4v) is 3.22. The molecule has 0 amide bonds. The first kappa shape index (κ1) is 16.6. The zero-order chi connectivity index (χ0) is 16.5. The largest absolute Gasteiger partial charge is 0.382 e. The molecule has 0 aliphatic carbocycles. The van der Waals surface area contributed by atoms with E-state index in [0.717, 1.165) is 6.07 Å². The van der Waals surface area contributed by atoms with Gasteiger partial charge in [-0.25, -0.2) is 0 Å². The summed E-state index contributed by atoms with van der Waals surface area (Å²) in [5.41, 5.74) is 5.39. The highest BCUT2D eigenvalue weighted by Gasteiger charge is 2.19. The van der Waals surface area contributed by atoms with E-state index in [2.05, 4.69) is 5.32 Å². The van der Waals surface area contributed by atoms with Crippen molar-refractivity contribution in [3.63, 3.8) is 0 Å². The summed E-state index contributed by atoms with van der Waals surface area (Å²) >= 11 is 0. The van der Waals surface area contributed by atoms with Crippen LogP contribution in [0.5, 0.6) is 0 Å². The molecule has 0 saturated carbocycles. The van der Waals surface area contributed by atoms with Gasteiger partial charge in [0.05, 0.1) is 10.6 Å². The Morgan fingerprint density at radius 1 is 1.00 bits per heavy atom. The number of anilines is 1. The van der Waals surface area contributed by atoms with Crippen LogP contribution in [0.4, 0.5) is 5.69 Å². The van der Waals surface area contributed by atoms with Crippen molar-refractivity contribution in [2.45, 2.75) is 9.79 Å². The predicted molar refractivity (Wildman–Crippen MR) is 81.1 cm³/mol. The summed E-state index contributed by atoms with van der Waals surface area (Å²) in [4.78, 5) is -0.788. The second-order valence-electron chi connectivity index (χ2n) is 4.49. The van der Waals surface area contributed by atoms with Gasteiger partial charge in [-0.05, 0) is 23.6 Å². The molecule has 0 unspecified atom stereocenters. The first-order chi connectivity index (χ1) is 10.1.